The Kier molecular flexibility index (Phi) is 7.62. The van der Waals surface area contributed by atoms with E-state index in [0.717, 1.165) is 31.9 Å². The van der Waals surface area contributed by atoms with E-state index >= 15 is 0 Å². The molecule has 0 spiro atoms. The lowest BCUT2D eigenvalue weighted by molar-refractivity contribution is 0.458. The van der Waals surface area contributed by atoms with Crippen molar-refractivity contribution < 1.29 is 0 Å². The Bertz CT molecular complexity index is 544. The van der Waals surface area contributed by atoms with E-state index in [1.807, 2.05) is 10.9 Å². The molecule has 0 saturated heterocycles. The van der Waals surface area contributed by atoms with Gasteiger partial charge in [0.05, 0.1) is 11.4 Å². The third kappa shape index (κ3) is 5.81. The average Bonchev–Trinajstić information content (AvgIpc) is 2.99. The van der Waals surface area contributed by atoms with Crippen LogP contribution in [0.25, 0.3) is 0 Å². The van der Waals surface area contributed by atoms with Crippen LogP contribution in [-0.2, 0) is 26.2 Å². The van der Waals surface area contributed by atoms with Crippen LogP contribution in [-0.4, -0.2) is 19.6 Å². The van der Waals surface area contributed by atoms with Gasteiger partial charge in [0.25, 0.3) is 0 Å². The molecular weight excluding hydrogens is 298 g/mol. The van der Waals surface area contributed by atoms with E-state index in [2.05, 4.69) is 66.2 Å². The predicted octanol–water partition coefficient (Wildman–Crippen LogP) is 3.10. The first-order valence-corrected chi connectivity index (χ1v) is 7.78. The Balaban J connectivity index is 0.00000242. The van der Waals surface area contributed by atoms with Gasteiger partial charge in [-0.25, -0.2) is 0 Å². The zero-order valence-electron chi connectivity index (χ0n) is 14.0. The number of nitrogens with zero attached hydrogens (tertiary/aromatic N) is 4. The first kappa shape index (κ1) is 18.7. The summed E-state index contributed by atoms with van der Waals surface area (Å²) in [5.41, 5.74) is 2.32. The van der Waals surface area contributed by atoms with Crippen LogP contribution in [0.1, 0.15) is 39.1 Å². The molecule has 0 aliphatic rings. The van der Waals surface area contributed by atoms with Crippen LogP contribution in [0.15, 0.2) is 24.5 Å². The molecule has 0 fully saturated rings. The molecule has 0 unspecified atom stereocenters. The molecule has 0 radical (unpaired) electrons. The Morgan fingerprint density at radius 1 is 1.05 bits per heavy atom. The predicted molar refractivity (Wildman–Crippen MR) is 91.9 cm³/mol. The molecule has 5 nitrogen and oxygen atoms in total. The second-order valence-electron chi connectivity index (χ2n) is 6.43. The normalized spacial score (nSPS) is 11.2. The molecule has 6 heteroatoms. The van der Waals surface area contributed by atoms with Crippen LogP contribution in [0.2, 0.25) is 0 Å². The van der Waals surface area contributed by atoms with E-state index in [0.29, 0.717) is 11.8 Å². The third-order valence-corrected chi connectivity index (χ3v) is 3.20. The van der Waals surface area contributed by atoms with Crippen molar-refractivity contribution in [1.82, 2.24) is 24.9 Å². The Hall–Kier alpha value is -1.33. The molecule has 2 rings (SSSR count). The highest BCUT2D eigenvalue weighted by Gasteiger charge is 2.05. The maximum absolute atomic E-state index is 4.57. The van der Waals surface area contributed by atoms with E-state index in [-0.39, 0.29) is 12.4 Å². The maximum Gasteiger partial charge on any atom is 0.0762 e. The Morgan fingerprint density at radius 3 is 2.45 bits per heavy atom. The molecule has 22 heavy (non-hydrogen) atoms. The van der Waals surface area contributed by atoms with Crippen LogP contribution in [0.4, 0.5) is 0 Å². The number of rotatable bonds is 8. The summed E-state index contributed by atoms with van der Waals surface area (Å²) in [6.45, 7) is 12.4. The highest BCUT2D eigenvalue weighted by atomic mass is 35.5. The number of aromatic nitrogens is 4. The highest BCUT2D eigenvalue weighted by molar-refractivity contribution is 5.85. The molecule has 0 bridgehead atoms. The van der Waals surface area contributed by atoms with Crippen LogP contribution in [0.3, 0.4) is 0 Å². The first-order chi connectivity index (χ1) is 10.0. The first-order valence-electron chi connectivity index (χ1n) is 7.78. The zero-order chi connectivity index (χ0) is 15.2. The Labute approximate surface area is 139 Å². The van der Waals surface area contributed by atoms with Gasteiger partial charge in [0.1, 0.15) is 0 Å². The number of hydrogen-bond donors (Lipinski definition) is 1. The minimum absolute atomic E-state index is 0. The summed E-state index contributed by atoms with van der Waals surface area (Å²) in [4.78, 5) is 0. The molecule has 0 aromatic carbocycles. The highest BCUT2D eigenvalue weighted by Crippen LogP contribution is 2.05. The van der Waals surface area contributed by atoms with E-state index in [4.69, 9.17) is 0 Å². The fourth-order valence-electron chi connectivity index (χ4n) is 2.31. The lowest BCUT2D eigenvalue weighted by Gasteiger charge is -2.10. The molecular formula is C16H28ClN5. The largest absolute Gasteiger partial charge is 0.305 e. The van der Waals surface area contributed by atoms with Crippen molar-refractivity contribution in [2.24, 2.45) is 11.8 Å². The molecule has 0 amide bonds. The molecule has 0 atom stereocenters. The van der Waals surface area contributed by atoms with Crippen molar-refractivity contribution in [1.29, 1.82) is 0 Å². The smallest absolute Gasteiger partial charge is 0.0762 e. The summed E-state index contributed by atoms with van der Waals surface area (Å²) in [6.07, 6.45) is 3.93. The van der Waals surface area contributed by atoms with Crippen LogP contribution in [0.5, 0.6) is 0 Å². The van der Waals surface area contributed by atoms with Gasteiger partial charge in [-0.15, -0.1) is 12.4 Å². The topological polar surface area (TPSA) is 47.7 Å². The second kappa shape index (κ2) is 8.96. The van der Waals surface area contributed by atoms with Crippen LogP contribution in [0, 0.1) is 11.8 Å². The summed E-state index contributed by atoms with van der Waals surface area (Å²) in [5.74, 6) is 1.23. The molecule has 0 aliphatic carbocycles. The SMILES string of the molecule is CC(C)Cn1ccc(CNCc2ccnn2CC(C)C)n1.Cl. The van der Waals surface area contributed by atoms with Gasteiger partial charge < -0.3 is 5.32 Å². The molecule has 0 aliphatic heterocycles. The summed E-state index contributed by atoms with van der Waals surface area (Å²) in [5, 5.41) is 12.4. The number of hydrogen-bond acceptors (Lipinski definition) is 3. The average molecular weight is 326 g/mol. The van der Waals surface area contributed by atoms with E-state index in [9.17, 15) is 0 Å². The van der Waals surface area contributed by atoms with Gasteiger partial charge in [-0.2, -0.15) is 10.2 Å². The van der Waals surface area contributed by atoms with E-state index in [1.165, 1.54) is 5.69 Å². The summed E-state index contributed by atoms with van der Waals surface area (Å²) >= 11 is 0. The van der Waals surface area contributed by atoms with Crippen molar-refractivity contribution in [3.8, 4) is 0 Å². The fourth-order valence-corrected chi connectivity index (χ4v) is 2.31. The summed E-state index contributed by atoms with van der Waals surface area (Å²) in [7, 11) is 0. The van der Waals surface area contributed by atoms with E-state index in [1.54, 1.807) is 0 Å². The Morgan fingerprint density at radius 2 is 1.77 bits per heavy atom. The molecule has 1 N–H and O–H groups in total. The van der Waals surface area contributed by atoms with Crippen molar-refractivity contribution in [2.45, 2.75) is 53.9 Å². The lowest BCUT2D eigenvalue weighted by Crippen LogP contribution is -2.18. The third-order valence-electron chi connectivity index (χ3n) is 3.20. The van der Waals surface area contributed by atoms with Crippen LogP contribution >= 0.6 is 12.4 Å². The lowest BCUT2D eigenvalue weighted by atomic mass is 10.2. The van der Waals surface area contributed by atoms with E-state index < -0.39 is 0 Å². The molecule has 2 aromatic rings. The summed E-state index contributed by atoms with van der Waals surface area (Å²) < 4.78 is 4.10. The second-order valence-corrected chi connectivity index (χ2v) is 6.43. The van der Waals surface area contributed by atoms with Gasteiger partial charge in [-0.3, -0.25) is 9.36 Å². The fraction of sp³-hybridized carbons (Fsp3) is 0.625. The maximum atomic E-state index is 4.57. The molecule has 124 valence electrons. The quantitative estimate of drug-likeness (QED) is 0.811. The minimum Gasteiger partial charge on any atom is -0.305 e. The zero-order valence-corrected chi connectivity index (χ0v) is 14.8. The van der Waals surface area contributed by atoms with Gasteiger partial charge in [0.15, 0.2) is 0 Å². The number of halogens is 1. The standard InChI is InChI=1S/C16H27N5.ClH/c1-13(2)11-20-8-6-15(19-20)9-17-10-16-5-7-18-21(16)12-14(3)4;/h5-8,13-14,17H,9-12H2,1-4H3;1H. The van der Waals surface area contributed by atoms with Gasteiger partial charge in [-0.1, -0.05) is 27.7 Å². The summed E-state index contributed by atoms with van der Waals surface area (Å²) in [6, 6.07) is 4.16. The number of nitrogens with one attached hydrogen (secondary N) is 1. The van der Waals surface area contributed by atoms with Gasteiger partial charge in [0, 0.05) is 38.6 Å². The van der Waals surface area contributed by atoms with Crippen molar-refractivity contribution in [2.75, 3.05) is 0 Å². The van der Waals surface area contributed by atoms with Crippen LogP contribution < -0.4 is 5.32 Å². The molecule has 2 aromatic heterocycles. The molecule has 0 saturated carbocycles. The van der Waals surface area contributed by atoms with Gasteiger partial charge in [-0.05, 0) is 24.0 Å². The van der Waals surface area contributed by atoms with Gasteiger partial charge in [0.2, 0.25) is 0 Å². The van der Waals surface area contributed by atoms with Gasteiger partial charge >= 0.3 is 0 Å². The monoisotopic (exact) mass is 325 g/mol. The van der Waals surface area contributed by atoms with Crippen molar-refractivity contribution in [3.05, 3.63) is 35.9 Å². The minimum atomic E-state index is 0. The van der Waals surface area contributed by atoms with Crippen molar-refractivity contribution in [3.63, 3.8) is 0 Å². The molecule has 2 heterocycles. The van der Waals surface area contributed by atoms with Crippen molar-refractivity contribution >= 4 is 12.4 Å².